The van der Waals surface area contributed by atoms with E-state index in [1.807, 2.05) is 19.9 Å². The molecule has 144 valence electrons. The van der Waals surface area contributed by atoms with Gasteiger partial charge >= 0.3 is 12.5 Å². The van der Waals surface area contributed by atoms with Gasteiger partial charge in [-0.2, -0.15) is 0 Å². The van der Waals surface area contributed by atoms with Crippen molar-refractivity contribution in [3.8, 4) is 16.9 Å². The Morgan fingerprint density at radius 3 is 2.44 bits per heavy atom. The highest BCUT2D eigenvalue weighted by Crippen LogP contribution is 2.44. The van der Waals surface area contributed by atoms with Crippen molar-refractivity contribution in [2.45, 2.75) is 39.7 Å². The Morgan fingerprint density at radius 2 is 1.81 bits per heavy atom. The Morgan fingerprint density at radius 1 is 1.15 bits per heavy atom. The van der Waals surface area contributed by atoms with E-state index in [2.05, 4.69) is 4.74 Å². The van der Waals surface area contributed by atoms with Crippen LogP contribution in [0.3, 0.4) is 0 Å². The van der Waals surface area contributed by atoms with Crippen molar-refractivity contribution in [2.75, 3.05) is 11.4 Å². The summed E-state index contributed by atoms with van der Waals surface area (Å²) in [5.74, 6) is -0.284. The zero-order valence-electron chi connectivity index (χ0n) is 15.5. The van der Waals surface area contributed by atoms with Crippen molar-refractivity contribution in [3.63, 3.8) is 0 Å². The number of carbonyl (C=O) groups excluding carboxylic acids is 1. The number of hydrogen-bond donors (Lipinski definition) is 0. The predicted molar refractivity (Wildman–Crippen MR) is 95.8 cm³/mol. The van der Waals surface area contributed by atoms with E-state index in [4.69, 9.17) is 4.74 Å². The van der Waals surface area contributed by atoms with Crippen molar-refractivity contribution < 1.29 is 27.4 Å². The number of aryl methyl sites for hydroxylation is 1. The first kappa shape index (κ1) is 19.1. The number of nitrogens with zero attached hydrogens (tertiary/aromatic N) is 1. The highest BCUT2D eigenvalue weighted by molar-refractivity contribution is 5.93. The topological polar surface area (TPSA) is 38.8 Å². The quantitative estimate of drug-likeness (QED) is 0.679. The Kier molecular flexibility index (Phi) is 4.57. The number of anilines is 1. The standard InChI is InChI=1S/C20H20F3NO3/c1-5-24-16-11-14(12(2)10-15(16)19(3,4)27-18(24)25)13-8-6-7-9-17(13)26-20(21,22)23/h6-11H,5H2,1-4H3. The molecule has 0 radical (unpaired) electrons. The van der Waals surface area contributed by atoms with Gasteiger partial charge in [0, 0.05) is 17.7 Å². The second-order valence-corrected chi connectivity index (χ2v) is 6.85. The lowest BCUT2D eigenvalue weighted by atomic mass is 9.88. The van der Waals surface area contributed by atoms with Crippen LogP contribution in [-0.4, -0.2) is 19.0 Å². The average Bonchev–Trinajstić information content (AvgIpc) is 2.54. The molecule has 0 unspecified atom stereocenters. The fraction of sp³-hybridized carbons (Fsp3) is 0.350. The summed E-state index contributed by atoms with van der Waals surface area (Å²) < 4.78 is 48.1. The molecule has 27 heavy (non-hydrogen) atoms. The molecule has 1 heterocycles. The van der Waals surface area contributed by atoms with Gasteiger partial charge in [0.1, 0.15) is 11.4 Å². The number of carbonyl (C=O) groups is 1. The molecule has 0 aromatic heterocycles. The molecule has 0 N–H and O–H groups in total. The fourth-order valence-electron chi connectivity index (χ4n) is 3.32. The van der Waals surface area contributed by atoms with Crippen LogP contribution in [0.2, 0.25) is 0 Å². The summed E-state index contributed by atoms with van der Waals surface area (Å²) in [5.41, 5.74) is 2.23. The number of fused-ring (bicyclic) bond motifs is 1. The Balaban J connectivity index is 2.21. The summed E-state index contributed by atoms with van der Waals surface area (Å²) in [7, 11) is 0. The molecule has 0 saturated heterocycles. The van der Waals surface area contributed by atoms with E-state index in [1.165, 1.54) is 17.0 Å². The third-order valence-electron chi connectivity index (χ3n) is 4.56. The first-order valence-electron chi connectivity index (χ1n) is 8.54. The minimum Gasteiger partial charge on any atom is -0.438 e. The van der Waals surface area contributed by atoms with Crippen LogP contribution in [0.5, 0.6) is 5.75 Å². The summed E-state index contributed by atoms with van der Waals surface area (Å²) in [5, 5.41) is 0. The van der Waals surface area contributed by atoms with Crippen LogP contribution in [-0.2, 0) is 10.3 Å². The van der Waals surface area contributed by atoms with Gasteiger partial charge in [0.2, 0.25) is 0 Å². The van der Waals surface area contributed by atoms with E-state index < -0.39 is 18.1 Å². The van der Waals surface area contributed by atoms with E-state index in [-0.39, 0.29) is 5.75 Å². The third kappa shape index (κ3) is 3.59. The maximum absolute atomic E-state index is 12.8. The number of hydrogen-bond acceptors (Lipinski definition) is 3. The molecule has 0 spiro atoms. The molecule has 1 aliphatic heterocycles. The van der Waals surface area contributed by atoms with E-state index >= 15 is 0 Å². The van der Waals surface area contributed by atoms with Crippen molar-refractivity contribution >= 4 is 11.8 Å². The van der Waals surface area contributed by atoms with Gasteiger partial charge in [0.15, 0.2) is 0 Å². The fourth-order valence-corrected chi connectivity index (χ4v) is 3.32. The molecule has 4 nitrogen and oxygen atoms in total. The maximum atomic E-state index is 12.8. The molecular formula is C20H20F3NO3. The molecule has 7 heteroatoms. The lowest BCUT2D eigenvalue weighted by Gasteiger charge is -2.38. The highest BCUT2D eigenvalue weighted by Gasteiger charge is 2.38. The van der Waals surface area contributed by atoms with Gasteiger partial charge in [0.25, 0.3) is 0 Å². The summed E-state index contributed by atoms with van der Waals surface area (Å²) in [4.78, 5) is 13.8. The van der Waals surface area contributed by atoms with Crippen LogP contribution in [0.1, 0.15) is 31.9 Å². The number of rotatable bonds is 3. The second-order valence-electron chi connectivity index (χ2n) is 6.85. The van der Waals surface area contributed by atoms with Gasteiger partial charge in [-0.05, 0) is 57.0 Å². The number of benzene rings is 2. The van der Waals surface area contributed by atoms with Gasteiger partial charge in [-0.3, -0.25) is 4.90 Å². The van der Waals surface area contributed by atoms with Crippen LogP contribution >= 0.6 is 0 Å². The molecular weight excluding hydrogens is 359 g/mol. The van der Waals surface area contributed by atoms with Crippen LogP contribution in [0.15, 0.2) is 36.4 Å². The number of amides is 1. The molecule has 1 amide bonds. The highest BCUT2D eigenvalue weighted by atomic mass is 19.4. The predicted octanol–water partition coefficient (Wildman–Crippen LogP) is 5.77. The minimum absolute atomic E-state index is 0.284. The van der Waals surface area contributed by atoms with Gasteiger partial charge in [-0.25, -0.2) is 4.79 Å². The molecule has 0 saturated carbocycles. The third-order valence-corrected chi connectivity index (χ3v) is 4.56. The average molecular weight is 379 g/mol. The van der Waals surface area contributed by atoms with Crippen LogP contribution in [0.4, 0.5) is 23.7 Å². The molecule has 2 aromatic rings. The molecule has 0 bridgehead atoms. The van der Waals surface area contributed by atoms with Crippen molar-refractivity contribution in [1.82, 2.24) is 0 Å². The lowest BCUT2D eigenvalue weighted by Crippen LogP contribution is -2.43. The minimum atomic E-state index is -4.79. The van der Waals surface area contributed by atoms with Gasteiger partial charge in [-0.15, -0.1) is 13.2 Å². The molecule has 0 atom stereocenters. The van der Waals surface area contributed by atoms with Crippen LogP contribution in [0, 0.1) is 6.92 Å². The first-order valence-corrected chi connectivity index (χ1v) is 8.54. The Labute approximate surface area is 155 Å². The first-order chi connectivity index (χ1) is 12.5. The number of para-hydroxylation sites is 1. The number of ether oxygens (including phenoxy) is 2. The summed E-state index contributed by atoms with van der Waals surface area (Å²) >= 11 is 0. The lowest BCUT2D eigenvalue weighted by molar-refractivity contribution is -0.274. The molecule has 3 rings (SSSR count). The summed E-state index contributed by atoms with van der Waals surface area (Å²) in [6.45, 7) is 7.57. The van der Waals surface area contributed by atoms with Crippen molar-refractivity contribution in [3.05, 3.63) is 47.5 Å². The zero-order valence-corrected chi connectivity index (χ0v) is 15.5. The second kappa shape index (κ2) is 6.48. The molecule has 2 aromatic carbocycles. The Bertz CT molecular complexity index is 891. The van der Waals surface area contributed by atoms with Crippen LogP contribution in [0.25, 0.3) is 11.1 Å². The van der Waals surface area contributed by atoms with Crippen molar-refractivity contribution in [1.29, 1.82) is 0 Å². The van der Waals surface area contributed by atoms with Crippen LogP contribution < -0.4 is 9.64 Å². The van der Waals surface area contributed by atoms with Gasteiger partial charge in [0.05, 0.1) is 5.69 Å². The smallest absolute Gasteiger partial charge is 0.438 e. The van der Waals surface area contributed by atoms with E-state index in [1.54, 1.807) is 32.0 Å². The molecule has 0 fully saturated rings. The van der Waals surface area contributed by atoms with Gasteiger partial charge in [-0.1, -0.05) is 18.2 Å². The van der Waals surface area contributed by atoms with E-state index in [9.17, 15) is 18.0 Å². The normalized spacial score (nSPS) is 16.0. The SMILES string of the molecule is CCN1C(=O)OC(C)(C)c2cc(C)c(-c3ccccc3OC(F)(F)F)cc21. The number of alkyl halides is 3. The number of cyclic esters (lactones) is 1. The van der Waals surface area contributed by atoms with E-state index in [0.29, 0.717) is 23.4 Å². The zero-order chi connectivity index (χ0) is 20.0. The van der Waals surface area contributed by atoms with Gasteiger partial charge < -0.3 is 9.47 Å². The maximum Gasteiger partial charge on any atom is 0.573 e. The summed E-state index contributed by atoms with van der Waals surface area (Å²) in [6, 6.07) is 9.55. The molecule has 0 aliphatic carbocycles. The summed E-state index contributed by atoms with van der Waals surface area (Å²) in [6.07, 6.45) is -5.27. The monoisotopic (exact) mass is 379 g/mol. The number of halogens is 3. The van der Waals surface area contributed by atoms with Crippen molar-refractivity contribution in [2.24, 2.45) is 0 Å². The molecule has 1 aliphatic rings. The Hall–Kier alpha value is -2.70. The largest absolute Gasteiger partial charge is 0.573 e. The van der Waals surface area contributed by atoms with E-state index in [0.717, 1.165) is 11.1 Å².